The number of hydrogen-bond donors (Lipinski definition) is 0. The highest BCUT2D eigenvalue weighted by atomic mass is 35.5. The second-order valence-electron chi connectivity index (χ2n) is 3.33. The number of benzene rings is 1. The number of nitrogens with zero attached hydrogens (tertiary/aromatic N) is 1. The maximum Gasteiger partial charge on any atom is 0.134 e. The normalized spacial score (nSPS) is 10.5. The molecule has 1 heterocycles. The van der Waals surface area contributed by atoms with E-state index in [4.69, 9.17) is 23.2 Å². The summed E-state index contributed by atoms with van der Waals surface area (Å²) in [5.41, 5.74) is 0.880. The van der Waals surface area contributed by atoms with Crippen molar-refractivity contribution in [1.82, 2.24) is 4.98 Å². The van der Waals surface area contributed by atoms with Crippen LogP contribution in [0.3, 0.4) is 0 Å². The first-order valence-electron chi connectivity index (χ1n) is 4.84. The molecule has 0 spiro atoms. The Labute approximate surface area is 113 Å². The molecule has 0 N–H and O–H groups in total. The van der Waals surface area contributed by atoms with Crippen molar-refractivity contribution in [3.8, 4) is 0 Å². The number of hydrogen-bond acceptors (Lipinski definition) is 2. The van der Waals surface area contributed by atoms with E-state index in [0.29, 0.717) is 16.1 Å². The Hall–Kier alpha value is -0.770. The zero-order valence-electron chi connectivity index (χ0n) is 8.66. The van der Waals surface area contributed by atoms with E-state index < -0.39 is 0 Å². The van der Waals surface area contributed by atoms with Crippen molar-refractivity contribution in [3.63, 3.8) is 0 Å². The predicted octanol–water partition coefficient (Wildman–Crippen LogP) is 4.82. The van der Waals surface area contributed by atoms with Crippen molar-refractivity contribution in [2.24, 2.45) is 0 Å². The van der Waals surface area contributed by atoms with Crippen LogP contribution in [0, 0.1) is 5.82 Å². The zero-order valence-corrected chi connectivity index (χ0v) is 11.0. The molecule has 0 fully saturated rings. The third-order valence-corrected chi connectivity index (χ3v) is 3.66. The SMILES string of the molecule is Fc1cccc(SCc2ccc(Cl)nc2Cl)c1. The summed E-state index contributed by atoms with van der Waals surface area (Å²) < 4.78 is 13.0. The highest BCUT2D eigenvalue weighted by Crippen LogP contribution is 2.26. The predicted molar refractivity (Wildman–Crippen MR) is 70.2 cm³/mol. The topological polar surface area (TPSA) is 12.9 Å². The molecule has 1 nitrogen and oxygen atoms in total. The number of thioether (sulfide) groups is 1. The van der Waals surface area contributed by atoms with Crippen molar-refractivity contribution < 1.29 is 4.39 Å². The quantitative estimate of drug-likeness (QED) is 0.593. The molecule has 0 bridgehead atoms. The summed E-state index contributed by atoms with van der Waals surface area (Å²) in [6.45, 7) is 0. The van der Waals surface area contributed by atoms with Crippen molar-refractivity contribution in [2.75, 3.05) is 0 Å². The van der Waals surface area contributed by atoms with E-state index in [-0.39, 0.29) is 5.82 Å². The van der Waals surface area contributed by atoms with Gasteiger partial charge in [0.05, 0.1) is 0 Å². The van der Waals surface area contributed by atoms with Crippen LogP contribution in [0.4, 0.5) is 4.39 Å². The van der Waals surface area contributed by atoms with Crippen LogP contribution in [0.15, 0.2) is 41.3 Å². The summed E-state index contributed by atoms with van der Waals surface area (Å²) in [5.74, 6) is 0.391. The average Bonchev–Trinajstić information content (AvgIpc) is 2.28. The number of halogens is 3. The van der Waals surface area contributed by atoms with Gasteiger partial charge in [-0.3, -0.25) is 0 Å². The summed E-state index contributed by atoms with van der Waals surface area (Å²) in [5, 5.41) is 0.760. The minimum atomic E-state index is -0.240. The lowest BCUT2D eigenvalue weighted by Gasteiger charge is -2.04. The van der Waals surface area contributed by atoms with Gasteiger partial charge < -0.3 is 0 Å². The summed E-state index contributed by atoms with van der Waals surface area (Å²) in [6, 6.07) is 9.95. The molecule has 0 aliphatic rings. The van der Waals surface area contributed by atoms with Gasteiger partial charge >= 0.3 is 0 Å². The Kier molecular flexibility index (Phi) is 4.26. The van der Waals surface area contributed by atoms with Gasteiger partial charge in [-0.15, -0.1) is 11.8 Å². The molecule has 88 valence electrons. The maximum absolute atomic E-state index is 13.0. The molecule has 5 heteroatoms. The van der Waals surface area contributed by atoms with Crippen molar-refractivity contribution >= 4 is 35.0 Å². The van der Waals surface area contributed by atoms with Gasteiger partial charge in [0.1, 0.15) is 16.1 Å². The van der Waals surface area contributed by atoms with Crippen LogP contribution >= 0.6 is 35.0 Å². The van der Waals surface area contributed by atoms with Gasteiger partial charge in [-0.25, -0.2) is 9.37 Å². The number of pyridine rings is 1. The third kappa shape index (κ3) is 3.60. The average molecular weight is 288 g/mol. The standard InChI is InChI=1S/C12H8Cl2FNS/c13-11-5-4-8(12(14)16-11)7-17-10-3-1-2-9(15)6-10/h1-6H,7H2. The first-order chi connectivity index (χ1) is 8.15. The molecule has 0 saturated heterocycles. The van der Waals surface area contributed by atoms with E-state index >= 15 is 0 Å². The molecule has 0 aliphatic carbocycles. The van der Waals surface area contributed by atoms with Gasteiger partial charge in [-0.1, -0.05) is 35.3 Å². The lowest BCUT2D eigenvalue weighted by atomic mass is 10.3. The lowest BCUT2D eigenvalue weighted by molar-refractivity contribution is 0.624. The largest absolute Gasteiger partial charge is 0.224 e. The van der Waals surface area contributed by atoms with E-state index in [9.17, 15) is 4.39 Å². The molecule has 0 amide bonds. The Morgan fingerprint density at radius 2 is 2.00 bits per heavy atom. The van der Waals surface area contributed by atoms with Crippen LogP contribution in [0.1, 0.15) is 5.56 Å². The van der Waals surface area contributed by atoms with Crippen LogP contribution in [-0.4, -0.2) is 4.98 Å². The Bertz CT molecular complexity index is 534. The zero-order chi connectivity index (χ0) is 12.3. The van der Waals surface area contributed by atoms with Gasteiger partial charge in [-0.2, -0.15) is 0 Å². The van der Waals surface area contributed by atoms with E-state index in [0.717, 1.165) is 10.5 Å². The minimum Gasteiger partial charge on any atom is -0.224 e. The fourth-order valence-electron chi connectivity index (χ4n) is 1.27. The van der Waals surface area contributed by atoms with Crippen LogP contribution in [0.2, 0.25) is 10.3 Å². The molecule has 0 unspecified atom stereocenters. The second-order valence-corrected chi connectivity index (χ2v) is 5.12. The summed E-state index contributed by atoms with van der Waals surface area (Å²) in [6.07, 6.45) is 0. The van der Waals surface area contributed by atoms with E-state index in [1.807, 2.05) is 12.1 Å². The Balaban J connectivity index is 2.07. The summed E-state index contributed by atoms with van der Waals surface area (Å²) in [7, 11) is 0. The molecular weight excluding hydrogens is 280 g/mol. The van der Waals surface area contributed by atoms with Crippen LogP contribution in [-0.2, 0) is 5.75 Å². The monoisotopic (exact) mass is 287 g/mol. The molecule has 0 radical (unpaired) electrons. The number of aromatic nitrogens is 1. The highest BCUT2D eigenvalue weighted by Gasteiger charge is 2.04. The van der Waals surface area contributed by atoms with E-state index in [2.05, 4.69) is 4.98 Å². The third-order valence-electron chi connectivity index (χ3n) is 2.08. The molecule has 17 heavy (non-hydrogen) atoms. The lowest BCUT2D eigenvalue weighted by Crippen LogP contribution is -1.87. The first-order valence-corrected chi connectivity index (χ1v) is 6.58. The Morgan fingerprint density at radius 1 is 1.18 bits per heavy atom. The summed E-state index contributed by atoms with van der Waals surface area (Å²) in [4.78, 5) is 4.80. The molecule has 1 aromatic carbocycles. The smallest absolute Gasteiger partial charge is 0.134 e. The second kappa shape index (κ2) is 5.71. The molecule has 0 saturated carbocycles. The van der Waals surface area contributed by atoms with Gasteiger partial charge in [0.2, 0.25) is 0 Å². The van der Waals surface area contributed by atoms with Gasteiger partial charge in [0.25, 0.3) is 0 Å². The van der Waals surface area contributed by atoms with E-state index in [1.54, 1.807) is 12.1 Å². The first kappa shape index (κ1) is 12.7. The minimum absolute atomic E-state index is 0.240. The van der Waals surface area contributed by atoms with Crippen molar-refractivity contribution in [1.29, 1.82) is 0 Å². The fraction of sp³-hybridized carbons (Fsp3) is 0.0833. The number of rotatable bonds is 3. The summed E-state index contributed by atoms with van der Waals surface area (Å²) >= 11 is 13.1. The maximum atomic E-state index is 13.0. The van der Waals surface area contributed by atoms with E-state index in [1.165, 1.54) is 23.9 Å². The molecular formula is C12H8Cl2FNS. The molecule has 1 aromatic heterocycles. The van der Waals surface area contributed by atoms with Crippen LogP contribution in [0.25, 0.3) is 0 Å². The van der Waals surface area contributed by atoms with Crippen molar-refractivity contribution in [2.45, 2.75) is 10.6 Å². The molecule has 2 rings (SSSR count). The van der Waals surface area contributed by atoms with Crippen LogP contribution in [0.5, 0.6) is 0 Å². The van der Waals surface area contributed by atoms with Gasteiger partial charge in [-0.05, 0) is 29.8 Å². The molecule has 0 atom stereocenters. The van der Waals surface area contributed by atoms with Gasteiger partial charge in [0.15, 0.2) is 0 Å². The highest BCUT2D eigenvalue weighted by molar-refractivity contribution is 7.98. The van der Waals surface area contributed by atoms with Crippen LogP contribution < -0.4 is 0 Å². The fourth-order valence-corrected chi connectivity index (χ4v) is 2.68. The van der Waals surface area contributed by atoms with Gasteiger partial charge in [0, 0.05) is 10.6 Å². The molecule has 2 aromatic rings. The van der Waals surface area contributed by atoms with Crippen molar-refractivity contribution in [3.05, 3.63) is 58.1 Å². The molecule has 0 aliphatic heterocycles. The Morgan fingerprint density at radius 3 is 2.71 bits per heavy atom.